The standard InChI is InChI=1S/C15H24B/c1-3-13-4-2-8-15(7-1,16-13)14-10-11-5-6-12(14)9-11/h11-14H,1-10H2. The van der Waals surface area contributed by atoms with E-state index in [1.807, 2.05) is 0 Å². The van der Waals surface area contributed by atoms with Gasteiger partial charge in [0, 0.05) is 0 Å². The molecule has 2 heterocycles. The highest BCUT2D eigenvalue weighted by atomic mass is 14.5. The van der Waals surface area contributed by atoms with E-state index in [0.29, 0.717) is 0 Å². The van der Waals surface area contributed by atoms with E-state index < -0.39 is 0 Å². The van der Waals surface area contributed by atoms with E-state index in [2.05, 4.69) is 7.28 Å². The maximum absolute atomic E-state index is 2.87. The molecule has 0 spiro atoms. The van der Waals surface area contributed by atoms with Crippen LogP contribution < -0.4 is 0 Å². The second kappa shape index (κ2) is 3.53. The lowest BCUT2D eigenvalue weighted by Crippen LogP contribution is -2.40. The van der Waals surface area contributed by atoms with Crippen LogP contribution in [0.5, 0.6) is 0 Å². The second-order valence-corrected chi connectivity index (χ2v) is 7.23. The normalized spacial score (nSPS) is 55.0. The van der Waals surface area contributed by atoms with E-state index in [0.717, 1.165) is 28.9 Å². The molecule has 4 bridgehead atoms. The van der Waals surface area contributed by atoms with Crippen LogP contribution in [0.15, 0.2) is 0 Å². The summed E-state index contributed by atoms with van der Waals surface area (Å²) < 4.78 is 0. The Labute approximate surface area is 101 Å². The van der Waals surface area contributed by atoms with Gasteiger partial charge in [-0.15, -0.1) is 0 Å². The van der Waals surface area contributed by atoms with Crippen molar-refractivity contribution in [1.82, 2.24) is 0 Å². The van der Waals surface area contributed by atoms with Crippen molar-refractivity contribution in [2.45, 2.75) is 75.3 Å². The van der Waals surface area contributed by atoms with Crippen molar-refractivity contribution in [2.24, 2.45) is 17.8 Å². The molecule has 0 N–H and O–H groups in total. The third-order valence-corrected chi connectivity index (χ3v) is 6.48. The van der Waals surface area contributed by atoms with Gasteiger partial charge in [0.25, 0.3) is 0 Å². The van der Waals surface area contributed by atoms with Gasteiger partial charge in [-0.05, 0) is 37.0 Å². The lowest BCUT2D eigenvalue weighted by Gasteiger charge is -2.51. The largest absolute Gasteiger partial charge is 0.122 e. The fraction of sp³-hybridized carbons (Fsp3) is 1.00. The van der Waals surface area contributed by atoms with E-state index in [1.165, 1.54) is 25.7 Å². The number of hydrogen-bond donors (Lipinski definition) is 0. The first-order chi connectivity index (χ1) is 7.86. The molecule has 1 radical (unpaired) electrons. The molecule has 0 aromatic carbocycles. The Morgan fingerprint density at radius 1 is 0.875 bits per heavy atom. The van der Waals surface area contributed by atoms with Crippen LogP contribution in [-0.2, 0) is 0 Å². The van der Waals surface area contributed by atoms with Crippen LogP contribution in [0.4, 0.5) is 0 Å². The zero-order valence-corrected chi connectivity index (χ0v) is 10.5. The van der Waals surface area contributed by atoms with E-state index in [1.54, 1.807) is 38.5 Å². The summed E-state index contributed by atoms with van der Waals surface area (Å²) in [6.45, 7) is 0. The Morgan fingerprint density at radius 2 is 1.69 bits per heavy atom. The smallest absolute Gasteiger partial charge is 0.0682 e. The fourth-order valence-corrected chi connectivity index (χ4v) is 5.90. The average molecular weight is 215 g/mol. The van der Waals surface area contributed by atoms with Crippen molar-refractivity contribution in [1.29, 1.82) is 0 Å². The first-order valence-corrected chi connectivity index (χ1v) is 7.72. The van der Waals surface area contributed by atoms with Gasteiger partial charge >= 0.3 is 0 Å². The van der Waals surface area contributed by atoms with Crippen LogP contribution in [-0.4, -0.2) is 7.28 Å². The first kappa shape index (κ1) is 10.0. The molecular formula is C15H24B. The lowest BCUT2D eigenvalue weighted by molar-refractivity contribution is 0.186. The highest BCUT2D eigenvalue weighted by Crippen LogP contribution is 2.64. The molecule has 3 atom stereocenters. The van der Waals surface area contributed by atoms with Gasteiger partial charge in [-0.1, -0.05) is 56.1 Å². The molecule has 0 aromatic rings. The van der Waals surface area contributed by atoms with Gasteiger partial charge in [0.05, 0.1) is 0 Å². The van der Waals surface area contributed by atoms with Crippen molar-refractivity contribution < 1.29 is 0 Å². The number of rotatable bonds is 1. The molecule has 2 aliphatic heterocycles. The predicted octanol–water partition coefficient (Wildman–Crippen LogP) is 4.44. The van der Waals surface area contributed by atoms with Crippen LogP contribution >= 0.6 is 0 Å². The second-order valence-electron chi connectivity index (χ2n) is 7.23. The van der Waals surface area contributed by atoms with Gasteiger partial charge in [0.1, 0.15) is 7.28 Å². The molecule has 2 saturated heterocycles. The van der Waals surface area contributed by atoms with Crippen molar-refractivity contribution >= 4 is 7.28 Å². The van der Waals surface area contributed by atoms with E-state index in [-0.39, 0.29) is 0 Å². The van der Waals surface area contributed by atoms with Gasteiger partial charge < -0.3 is 0 Å². The lowest BCUT2D eigenvalue weighted by atomic mass is 9.32. The molecule has 4 aliphatic rings. The SMILES string of the molecule is [B]1C2CCCC1(C1CC3CCC1C3)CCC2. The van der Waals surface area contributed by atoms with Gasteiger partial charge in [0.15, 0.2) is 0 Å². The minimum absolute atomic E-state index is 0.737. The Bertz CT molecular complexity index is 275. The fourth-order valence-electron chi connectivity index (χ4n) is 5.90. The maximum atomic E-state index is 2.87. The molecule has 0 aromatic heterocycles. The van der Waals surface area contributed by atoms with Crippen LogP contribution in [0.1, 0.15) is 64.2 Å². The molecule has 0 nitrogen and oxygen atoms in total. The molecule has 0 amide bonds. The highest BCUT2D eigenvalue weighted by molar-refractivity contribution is 6.42. The third-order valence-electron chi connectivity index (χ3n) is 6.48. The van der Waals surface area contributed by atoms with Gasteiger partial charge in [-0.25, -0.2) is 0 Å². The minimum atomic E-state index is 0.737. The summed E-state index contributed by atoms with van der Waals surface area (Å²) in [5, 5.41) is 0.737. The zero-order chi connectivity index (χ0) is 10.6. The van der Waals surface area contributed by atoms with Crippen molar-refractivity contribution in [3.8, 4) is 0 Å². The predicted molar refractivity (Wildman–Crippen MR) is 68.8 cm³/mol. The Balaban J connectivity index is 1.60. The molecule has 1 heteroatoms. The van der Waals surface area contributed by atoms with Crippen LogP contribution in [0.2, 0.25) is 11.1 Å². The van der Waals surface area contributed by atoms with E-state index in [4.69, 9.17) is 0 Å². The molecule has 16 heavy (non-hydrogen) atoms. The topological polar surface area (TPSA) is 0 Å². The van der Waals surface area contributed by atoms with Gasteiger partial charge in [0.2, 0.25) is 0 Å². The first-order valence-electron chi connectivity index (χ1n) is 7.72. The van der Waals surface area contributed by atoms with Gasteiger partial charge in [-0.2, -0.15) is 0 Å². The Kier molecular flexibility index (Phi) is 2.21. The van der Waals surface area contributed by atoms with E-state index in [9.17, 15) is 0 Å². The third kappa shape index (κ3) is 1.36. The van der Waals surface area contributed by atoms with Crippen LogP contribution in [0.25, 0.3) is 0 Å². The summed E-state index contributed by atoms with van der Waals surface area (Å²) in [4.78, 5) is 0. The zero-order valence-electron chi connectivity index (χ0n) is 10.5. The molecule has 2 saturated carbocycles. The molecular weight excluding hydrogens is 191 g/mol. The van der Waals surface area contributed by atoms with Crippen molar-refractivity contribution in [3.05, 3.63) is 0 Å². The average Bonchev–Trinajstić information content (AvgIpc) is 2.91. The molecule has 3 unspecified atom stereocenters. The summed E-state index contributed by atoms with van der Waals surface area (Å²) >= 11 is 0. The van der Waals surface area contributed by atoms with Crippen LogP contribution in [0.3, 0.4) is 0 Å². The summed E-state index contributed by atoms with van der Waals surface area (Å²) in [7, 11) is 2.87. The molecule has 4 fully saturated rings. The summed E-state index contributed by atoms with van der Waals surface area (Å²) in [5.41, 5.74) is 0. The van der Waals surface area contributed by atoms with Gasteiger partial charge in [-0.3, -0.25) is 0 Å². The number of hydrogen-bond acceptors (Lipinski definition) is 0. The quantitative estimate of drug-likeness (QED) is 0.567. The molecule has 2 aliphatic carbocycles. The Hall–Kier alpha value is 0.0649. The monoisotopic (exact) mass is 215 g/mol. The minimum Gasteiger partial charge on any atom is -0.0682 e. The van der Waals surface area contributed by atoms with Crippen molar-refractivity contribution in [2.75, 3.05) is 0 Å². The Morgan fingerprint density at radius 3 is 2.31 bits per heavy atom. The van der Waals surface area contributed by atoms with Crippen molar-refractivity contribution in [3.63, 3.8) is 0 Å². The highest BCUT2D eigenvalue weighted by Gasteiger charge is 2.52. The van der Waals surface area contributed by atoms with Crippen LogP contribution in [0, 0.1) is 17.8 Å². The summed E-state index contributed by atoms with van der Waals surface area (Å²) in [5.74, 6) is 4.41. The molecule has 87 valence electrons. The van der Waals surface area contributed by atoms with E-state index >= 15 is 0 Å². The number of fused-ring (bicyclic) bond motifs is 4. The maximum Gasteiger partial charge on any atom is 0.122 e. The summed E-state index contributed by atoms with van der Waals surface area (Å²) in [6, 6.07) is 0. The summed E-state index contributed by atoms with van der Waals surface area (Å²) in [6.07, 6.45) is 15.6. The molecule has 4 rings (SSSR count).